The summed E-state index contributed by atoms with van der Waals surface area (Å²) in [6, 6.07) is 3.93. The molecule has 1 saturated heterocycles. The largest absolute Gasteiger partial charge is 0.330 e. The molecule has 0 bridgehead atoms. The molecule has 1 aliphatic heterocycles. The highest BCUT2D eigenvalue weighted by atomic mass is 79.9. The topological polar surface area (TPSA) is 107 Å². The van der Waals surface area contributed by atoms with Gasteiger partial charge in [-0.3, -0.25) is 10.1 Å². The van der Waals surface area contributed by atoms with Gasteiger partial charge in [-0.2, -0.15) is 4.31 Å². The number of nitro groups is 1. The van der Waals surface area contributed by atoms with Gasteiger partial charge in [0.05, 0.1) is 4.92 Å². The highest BCUT2D eigenvalue weighted by Crippen LogP contribution is 2.31. The Morgan fingerprint density at radius 1 is 1.38 bits per heavy atom. The Bertz CT molecular complexity index is 642. The normalized spacial score (nSPS) is 17.8. The van der Waals surface area contributed by atoms with Gasteiger partial charge in [-0.1, -0.05) is 15.9 Å². The number of hydrogen-bond donors (Lipinski definition) is 1. The molecular formula is C12H16BrN3O4S. The van der Waals surface area contributed by atoms with Crippen molar-refractivity contribution < 1.29 is 13.3 Å². The minimum atomic E-state index is -3.87. The van der Waals surface area contributed by atoms with E-state index in [1.165, 1.54) is 22.5 Å². The third kappa shape index (κ3) is 3.42. The lowest BCUT2D eigenvalue weighted by Crippen LogP contribution is -2.40. The van der Waals surface area contributed by atoms with Crippen LogP contribution < -0.4 is 5.73 Å². The first-order valence-electron chi connectivity index (χ1n) is 6.50. The van der Waals surface area contributed by atoms with Crippen LogP contribution in [0.25, 0.3) is 0 Å². The van der Waals surface area contributed by atoms with Gasteiger partial charge >= 0.3 is 0 Å². The molecule has 1 aliphatic rings. The zero-order chi connectivity index (χ0) is 15.6. The van der Waals surface area contributed by atoms with Crippen molar-refractivity contribution in [3.05, 3.63) is 32.8 Å². The fraction of sp³-hybridized carbons (Fsp3) is 0.500. The molecule has 0 saturated carbocycles. The first-order chi connectivity index (χ1) is 9.86. The van der Waals surface area contributed by atoms with Gasteiger partial charge in [-0.05, 0) is 37.4 Å². The van der Waals surface area contributed by atoms with Gasteiger partial charge in [0.2, 0.25) is 10.0 Å². The van der Waals surface area contributed by atoms with Gasteiger partial charge in [0.1, 0.15) is 0 Å². The number of piperidine rings is 1. The second-order valence-corrected chi connectivity index (χ2v) is 7.77. The van der Waals surface area contributed by atoms with Crippen LogP contribution in [-0.4, -0.2) is 37.3 Å². The van der Waals surface area contributed by atoms with E-state index in [1.54, 1.807) is 0 Å². The Balaban J connectivity index is 2.36. The van der Waals surface area contributed by atoms with E-state index in [1.807, 2.05) is 0 Å². The summed E-state index contributed by atoms with van der Waals surface area (Å²) in [5, 5.41) is 11.1. The van der Waals surface area contributed by atoms with Crippen molar-refractivity contribution in [2.45, 2.75) is 17.7 Å². The fourth-order valence-electron chi connectivity index (χ4n) is 2.37. The molecule has 9 heteroatoms. The Labute approximate surface area is 131 Å². The number of sulfonamides is 1. The lowest BCUT2D eigenvalue weighted by atomic mass is 9.99. The van der Waals surface area contributed by atoms with E-state index in [0.29, 0.717) is 42.9 Å². The summed E-state index contributed by atoms with van der Waals surface area (Å²) in [6.45, 7) is 1.21. The number of nitrogens with zero attached hydrogens (tertiary/aromatic N) is 2. The SMILES string of the molecule is NCC1CCN(S(=O)(=O)c2cc(Br)ccc2[N+](=O)[O-])CC1. The summed E-state index contributed by atoms with van der Waals surface area (Å²) in [7, 11) is -3.87. The molecule has 0 aliphatic carbocycles. The molecule has 0 unspecified atom stereocenters. The van der Waals surface area contributed by atoms with Crippen molar-refractivity contribution in [3.63, 3.8) is 0 Å². The van der Waals surface area contributed by atoms with Gasteiger partial charge < -0.3 is 5.73 Å². The van der Waals surface area contributed by atoms with Crippen LogP contribution in [0.2, 0.25) is 0 Å². The highest BCUT2D eigenvalue weighted by molar-refractivity contribution is 9.10. The molecule has 1 aromatic rings. The Morgan fingerprint density at radius 2 is 2.00 bits per heavy atom. The van der Waals surface area contributed by atoms with E-state index in [0.717, 1.165) is 0 Å². The van der Waals surface area contributed by atoms with Gasteiger partial charge in [0.25, 0.3) is 5.69 Å². The number of nitrogens with two attached hydrogens (primary N) is 1. The highest BCUT2D eigenvalue weighted by Gasteiger charge is 2.34. The molecule has 1 fully saturated rings. The van der Waals surface area contributed by atoms with Crippen LogP contribution in [-0.2, 0) is 10.0 Å². The summed E-state index contributed by atoms with van der Waals surface area (Å²) in [5.74, 6) is 0.314. The van der Waals surface area contributed by atoms with Crippen LogP contribution in [0, 0.1) is 16.0 Å². The molecule has 1 heterocycles. The Morgan fingerprint density at radius 3 is 2.52 bits per heavy atom. The summed E-state index contributed by atoms with van der Waals surface area (Å²) in [4.78, 5) is 10.1. The van der Waals surface area contributed by atoms with Crippen LogP contribution in [0.1, 0.15) is 12.8 Å². The van der Waals surface area contributed by atoms with Crippen LogP contribution >= 0.6 is 15.9 Å². The lowest BCUT2D eigenvalue weighted by molar-refractivity contribution is -0.387. The van der Waals surface area contributed by atoms with Crippen molar-refractivity contribution in [2.24, 2.45) is 11.7 Å². The van der Waals surface area contributed by atoms with Gasteiger partial charge in [-0.15, -0.1) is 0 Å². The van der Waals surface area contributed by atoms with Crippen LogP contribution in [0.5, 0.6) is 0 Å². The van der Waals surface area contributed by atoms with E-state index in [2.05, 4.69) is 15.9 Å². The van der Waals surface area contributed by atoms with Crippen LogP contribution in [0.3, 0.4) is 0 Å². The van der Waals surface area contributed by atoms with Crippen molar-refractivity contribution in [3.8, 4) is 0 Å². The zero-order valence-corrected chi connectivity index (χ0v) is 13.6. The first kappa shape index (κ1) is 16.3. The second-order valence-electron chi connectivity index (χ2n) is 4.95. The minimum absolute atomic E-state index is 0.270. The Kier molecular flexibility index (Phi) is 4.97. The smallest absolute Gasteiger partial charge is 0.289 e. The summed E-state index contributed by atoms with van der Waals surface area (Å²) < 4.78 is 27.0. The molecule has 1 aromatic carbocycles. The lowest BCUT2D eigenvalue weighted by Gasteiger charge is -2.30. The maximum atomic E-state index is 12.6. The molecule has 21 heavy (non-hydrogen) atoms. The monoisotopic (exact) mass is 377 g/mol. The fourth-order valence-corrected chi connectivity index (χ4v) is 4.53. The third-order valence-corrected chi connectivity index (χ3v) is 6.06. The maximum absolute atomic E-state index is 12.6. The van der Waals surface area contributed by atoms with E-state index in [4.69, 9.17) is 5.73 Å². The van der Waals surface area contributed by atoms with Crippen LogP contribution in [0.15, 0.2) is 27.6 Å². The van der Waals surface area contributed by atoms with Crippen molar-refractivity contribution >= 4 is 31.6 Å². The van der Waals surface area contributed by atoms with E-state index in [9.17, 15) is 18.5 Å². The molecule has 0 amide bonds. The average Bonchev–Trinajstić information content (AvgIpc) is 2.47. The van der Waals surface area contributed by atoms with Gasteiger partial charge in [0.15, 0.2) is 4.90 Å². The number of halogens is 1. The molecule has 7 nitrogen and oxygen atoms in total. The number of hydrogen-bond acceptors (Lipinski definition) is 5. The van der Waals surface area contributed by atoms with Crippen LogP contribution in [0.4, 0.5) is 5.69 Å². The van der Waals surface area contributed by atoms with E-state index < -0.39 is 20.6 Å². The second kappa shape index (κ2) is 6.39. The quantitative estimate of drug-likeness (QED) is 0.634. The molecule has 2 rings (SSSR count). The minimum Gasteiger partial charge on any atom is -0.330 e. The molecular weight excluding hydrogens is 362 g/mol. The van der Waals surface area contributed by atoms with Crippen molar-refractivity contribution in [1.29, 1.82) is 0 Å². The standard InChI is InChI=1S/C12H16BrN3O4S/c13-10-1-2-11(16(17)18)12(7-10)21(19,20)15-5-3-9(8-14)4-6-15/h1-2,7,9H,3-6,8,14H2. The van der Waals surface area contributed by atoms with Gasteiger partial charge in [-0.25, -0.2) is 8.42 Å². The van der Waals surface area contributed by atoms with Crippen molar-refractivity contribution in [2.75, 3.05) is 19.6 Å². The summed E-state index contributed by atoms with van der Waals surface area (Å²) >= 11 is 3.16. The number of nitro benzene ring substituents is 1. The number of rotatable bonds is 4. The predicted octanol–water partition coefficient (Wildman–Crippen LogP) is 1.72. The molecule has 2 N–H and O–H groups in total. The summed E-state index contributed by atoms with van der Waals surface area (Å²) in [5.41, 5.74) is 5.19. The maximum Gasteiger partial charge on any atom is 0.289 e. The number of benzene rings is 1. The van der Waals surface area contributed by atoms with E-state index in [-0.39, 0.29) is 4.90 Å². The Hall–Kier alpha value is -1.03. The molecule has 116 valence electrons. The van der Waals surface area contributed by atoms with Crippen molar-refractivity contribution in [1.82, 2.24) is 4.31 Å². The predicted molar refractivity (Wildman–Crippen MR) is 81.3 cm³/mol. The average molecular weight is 378 g/mol. The van der Waals surface area contributed by atoms with E-state index >= 15 is 0 Å². The molecule has 0 atom stereocenters. The third-order valence-electron chi connectivity index (χ3n) is 3.64. The zero-order valence-electron chi connectivity index (χ0n) is 11.2. The first-order valence-corrected chi connectivity index (χ1v) is 8.73. The molecule has 0 radical (unpaired) electrons. The summed E-state index contributed by atoms with van der Waals surface area (Å²) in [6.07, 6.45) is 1.36. The molecule has 0 aromatic heterocycles. The van der Waals surface area contributed by atoms with Gasteiger partial charge in [0, 0.05) is 23.6 Å². The molecule has 0 spiro atoms.